The minimum atomic E-state index is -0.687. The van der Waals surface area contributed by atoms with E-state index in [1.807, 2.05) is 32.0 Å². The molecule has 0 aromatic heterocycles. The average Bonchev–Trinajstić information content (AvgIpc) is 2.96. The highest BCUT2D eigenvalue weighted by atomic mass is 79.9. The van der Waals surface area contributed by atoms with Gasteiger partial charge in [-0.1, -0.05) is 13.0 Å². The molecule has 1 aliphatic carbocycles. The molecular weight excluding hydrogens is 610 g/mol. The van der Waals surface area contributed by atoms with Gasteiger partial charge in [-0.3, -0.25) is 4.79 Å². The Morgan fingerprint density at radius 2 is 1.80 bits per heavy atom. The van der Waals surface area contributed by atoms with Gasteiger partial charge in [-0.25, -0.2) is 4.79 Å². The van der Waals surface area contributed by atoms with Crippen LogP contribution in [0.25, 0.3) is 0 Å². The topological polar surface area (TPSA) is 103 Å². The highest BCUT2D eigenvalue weighted by Crippen LogP contribution is 2.48. The molecule has 8 nitrogen and oxygen atoms in total. The summed E-state index contributed by atoms with van der Waals surface area (Å²) in [6.07, 6.45) is 0.829. The molecule has 1 heterocycles. The van der Waals surface area contributed by atoms with Crippen molar-refractivity contribution in [2.75, 3.05) is 38.9 Å². The van der Waals surface area contributed by atoms with E-state index in [2.05, 4.69) is 28.2 Å². The number of ether oxygens (including phenoxy) is 4. The van der Waals surface area contributed by atoms with Crippen molar-refractivity contribution in [3.05, 3.63) is 68.5 Å². The predicted octanol–water partition coefficient (Wildman–Crippen LogP) is 6.23. The van der Waals surface area contributed by atoms with Crippen LogP contribution in [0.1, 0.15) is 56.6 Å². The second kappa shape index (κ2) is 13.7. The molecule has 2 aromatic carbocycles. The molecule has 2 aliphatic rings. The average molecular weight is 647 g/mol. The van der Waals surface area contributed by atoms with Crippen LogP contribution in [0.4, 0.5) is 0 Å². The van der Waals surface area contributed by atoms with Gasteiger partial charge in [-0.15, -0.1) is 0 Å². The molecule has 2 N–H and O–H groups in total. The van der Waals surface area contributed by atoms with Crippen LogP contribution < -0.4 is 19.5 Å². The number of dihydropyridines is 1. The number of Topliss-reactive ketones (excluding diaryl/α,β-unsaturated/α-hetero) is 1. The van der Waals surface area contributed by atoms with Crippen LogP contribution in [-0.2, 0) is 14.3 Å². The summed E-state index contributed by atoms with van der Waals surface area (Å²) in [5.41, 5.74) is 3.92. The first-order chi connectivity index (χ1) is 19.7. The van der Waals surface area contributed by atoms with Gasteiger partial charge in [0.2, 0.25) is 0 Å². The van der Waals surface area contributed by atoms with Crippen LogP contribution >= 0.6 is 27.7 Å². The Kier molecular flexibility index (Phi) is 10.3. The first-order valence-electron chi connectivity index (χ1n) is 13.6. The lowest BCUT2D eigenvalue weighted by Crippen LogP contribution is -2.36. The second-order valence-electron chi connectivity index (χ2n) is 9.75. The molecule has 0 saturated carbocycles. The first kappa shape index (κ1) is 30.8. The number of carbonyl (C=O) groups excluding carboxylic acids is 2. The Balaban J connectivity index is 1.78. The smallest absolute Gasteiger partial charge is 0.336 e. The minimum Gasteiger partial charge on any atom is -0.503 e. The van der Waals surface area contributed by atoms with Gasteiger partial charge in [0.1, 0.15) is 6.61 Å². The summed E-state index contributed by atoms with van der Waals surface area (Å²) in [5, 5.41) is 14.0. The van der Waals surface area contributed by atoms with Gasteiger partial charge in [0.05, 0.1) is 30.9 Å². The number of esters is 1. The highest BCUT2D eigenvalue weighted by molar-refractivity contribution is 9.10. The van der Waals surface area contributed by atoms with E-state index in [0.717, 1.165) is 17.0 Å². The lowest BCUT2D eigenvalue weighted by atomic mass is 9.71. The summed E-state index contributed by atoms with van der Waals surface area (Å²) in [6.45, 7) is 6.32. The van der Waals surface area contributed by atoms with E-state index in [9.17, 15) is 14.7 Å². The zero-order valence-electron chi connectivity index (χ0n) is 24.0. The van der Waals surface area contributed by atoms with Crippen molar-refractivity contribution in [2.24, 2.45) is 0 Å². The number of rotatable bonds is 11. The largest absolute Gasteiger partial charge is 0.503 e. The van der Waals surface area contributed by atoms with E-state index < -0.39 is 11.9 Å². The fraction of sp³-hybridized carbons (Fsp3) is 0.419. The lowest BCUT2D eigenvalue weighted by molar-refractivity contribution is -0.138. The van der Waals surface area contributed by atoms with Crippen LogP contribution in [0.2, 0.25) is 0 Å². The summed E-state index contributed by atoms with van der Waals surface area (Å²) in [5.74, 6) is 1.76. The standard InChI is InChI=1S/C31H36BrNO7S/c1-6-39-26-16-20(12-21(32)30(26)35)28-27(31(36)40-10-11-41-7-2)17(3)33-22-13-19(14-23(34)29(22)28)18-8-9-24(37-4)25(15-18)38-5/h8-9,12,15-16,19,28,33,35H,6-7,10-11,13-14H2,1-5H3. The molecule has 4 rings (SSSR count). The molecule has 0 amide bonds. The molecule has 1 aliphatic heterocycles. The number of carbonyl (C=O) groups is 2. The Morgan fingerprint density at radius 1 is 1.07 bits per heavy atom. The molecule has 2 aromatic rings. The van der Waals surface area contributed by atoms with Gasteiger partial charge in [0.25, 0.3) is 0 Å². The van der Waals surface area contributed by atoms with E-state index in [0.29, 0.717) is 57.2 Å². The number of allylic oxidation sites excluding steroid dienone is 3. The molecule has 2 unspecified atom stereocenters. The van der Waals surface area contributed by atoms with E-state index in [4.69, 9.17) is 18.9 Å². The molecule has 0 bridgehead atoms. The molecule has 2 atom stereocenters. The van der Waals surface area contributed by atoms with Crippen molar-refractivity contribution in [3.63, 3.8) is 0 Å². The lowest BCUT2D eigenvalue weighted by Gasteiger charge is -2.37. The Bertz CT molecular complexity index is 1390. The van der Waals surface area contributed by atoms with E-state index in [1.54, 1.807) is 38.1 Å². The zero-order valence-corrected chi connectivity index (χ0v) is 26.4. The third kappa shape index (κ3) is 6.54. The molecule has 0 fully saturated rings. The summed E-state index contributed by atoms with van der Waals surface area (Å²) in [4.78, 5) is 27.5. The molecule has 41 heavy (non-hydrogen) atoms. The molecule has 0 saturated heterocycles. The van der Waals surface area contributed by atoms with Crippen LogP contribution in [0, 0.1) is 0 Å². The maximum absolute atomic E-state index is 14.0. The van der Waals surface area contributed by atoms with Crippen molar-refractivity contribution in [3.8, 4) is 23.0 Å². The summed E-state index contributed by atoms with van der Waals surface area (Å²) < 4.78 is 22.7. The van der Waals surface area contributed by atoms with Crippen LogP contribution in [0.5, 0.6) is 23.0 Å². The fourth-order valence-electron chi connectivity index (χ4n) is 5.43. The summed E-state index contributed by atoms with van der Waals surface area (Å²) in [7, 11) is 3.17. The van der Waals surface area contributed by atoms with Gasteiger partial charge >= 0.3 is 5.97 Å². The number of thioether (sulfide) groups is 1. The van der Waals surface area contributed by atoms with Crippen molar-refractivity contribution >= 4 is 39.4 Å². The van der Waals surface area contributed by atoms with Crippen molar-refractivity contribution in [2.45, 2.75) is 45.4 Å². The van der Waals surface area contributed by atoms with Gasteiger partial charge in [-0.2, -0.15) is 11.8 Å². The van der Waals surface area contributed by atoms with Crippen molar-refractivity contribution in [1.82, 2.24) is 5.32 Å². The Labute approximate surface area is 253 Å². The number of halogens is 1. The number of phenols is 1. The van der Waals surface area contributed by atoms with Gasteiger partial charge in [-0.05, 0) is 83.3 Å². The Hall–Kier alpha value is -3.11. The predicted molar refractivity (Wildman–Crippen MR) is 163 cm³/mol. The number of methoxy groups -OCH3 is 2. The number of ketones is 1. The zero-order chi connectivity index (χ0) is 29.7. The van der Waals surface area contributed by atoms with Crippen molar-refractivity contribution < 1.29 is 33.6 Å². The third-order valence-electron chi connectivity index (χ3n) is 7.28. The van der Waals surface area contributed by atoms with E-state index >= 15 is 0 Å². The third-order valence-corrected chi connectivity index (χ3v) is 8.74. The number of hydrogen-bond acceptors (Lipinski definition) is 9. The molecule has 220 valence electrons. The molecule has 0 radical (unpaired) electrons. The summed E-state index contributed by atoms with van der Waals surface area (Å²) >= 11 is 5.12. The Morgan fingerprint density at radius 3 is 2.49 bits per heavy atom. The maximum Gasteiger partial charge on any atom is 0.336 e. The van der Waals surface area contributed by atoms with Crippen LogP contribution in [0.3, 0.4) is 0 Å². The normalized spacial score (nSPS) is 18.5. The van der Waals surface area contributed by atoms with Crippen molar-refractivity contribution in [1.29, 1.82) is 0 Å². The monoisotopic (exact) mass is 645 g/mol. The van der Waals surface area contributed by atoms with E-state index in [-0.39, 0.29) is 36.2 Å². The number of phenolic OH excluding ortho intramolecular Hbond substituents is 1. The SMILES string of the molecule is CCOc1cc(C2C(C(=O)OCCSCC)=C(C)NC3=C2C(=O)CC(c2ccc(OC)c(OC)c2)C3)cc(Br)c1O. The number of benzene rings is 2. The van der Waals surface area contributed by atoms with Crippen LogP contribution in [-0.4, -0.2) is 55.8 Å². The fourth-order valence-corrected chi connectivity index (χ4v) is 6.38. The molecule has 10 heteroatoms. The number of hydrogen-bond donors (Lipinski definition) is 2. The second-order valence-corrected chi connectivity index (χ2v) is 12.0. The highest BCUT2D eigenvalue weighted by Gasteiger charge is 2.42. The molecule has 0 spiro atoms. The molecular formula is C31H36BrNO7S. The number of nitrogens with one attached hydrogen (secondary N) is 1. The first-order valence-corrected chi connectivity index (χ1v) is 15.5. The van der Waals surface area contributed by atoms with Crippen LogP contribution in [0.15, 0.2) is 57.3 Å². The van der Waals surface area contributed by atoms with E-state index in [1.165, 1.54) is 0 Å². The van der Waals surface area contributed by atoms with Gasteiger partial charge in [0, 0.05) is 35.1 Å². The number of aromatic hydroxyl groups is 1. The van der Waals surface area contributed by atoms with Gasteiger partial charge in [0.15, 0.2) is 28.8 Å². The van der Waals surface area contributed by atoms with Gasteiger partial charge < -0.3 is 29.4 Å². The quantitative estimate of drug-likeness (QED) is 0.217. The maximum atomic E-state index is 14.0. The summed E-state index contributed by atoms with van der Waals surface area (Å²) in [6, 6.07) is 9.15. The minimum absolute atomic E-state index is 0.0383.